The number of aromatic nitrogens is 1. The molecule has 0 spiro atoms. The number of Topliss-reactive ketones (excluding diaryl/α,β-unsaturated/α-hetero) is 1. The maximum absolute atomic E-state index is 13.0. The van der Waals surface area contributed by atoms with Crippen LogP contribution in [0.1, 0.15) is 21.3 Å². The Kier molecular flexibility index (Phi) is 4.26. The summed E-state index contributed by atoms with van der Waals surface area (Å²) in [5, 5.41) is 11.6. The Morgan fingerprint density at radius 1 is 1.13 bits per heavy atom. The fourth-order valence-corrected chi connectivity index (χ4v) is 3.04. The molecule has 1 aromatic heterocycles. The Morgan fingerprint density at radius 3 is 2.48 bits per heavy atom. The molecule has 0 saturated heterocycles. The van der Waals surface area contributed by atoms with Crippen LogP contribution in [0.3, 0.4) is 0 Å². The molecule has 0 aliphatic rings. The molecule has 0 aliphatic carbocycles. The van der Waals surface area contributed by atoms with E-state index in [0.29, 0.717) is 10.6 Å². The second-order valence-electron chi connectivity index (χ2n) is 4.87. The van der Waals surface area contributed by atoms with E-state index in [2.05, 4.69) is 4.98 Å². The van der Waals surface area contributed by atoms with Gasteiger partial charge in [-0.3, -0.25) is 4.79 Å². The smallest absolute Gasteiger partial charge is 0.186 e. The monoisotopic (exact) mass is 322 g/mol. The molecule has 0 aliphatic heterocycles. The zero-order valence-electron chi connectivity index (χ0n) is 11.9. The van der Waals surface area contributed by atoms with Crippen LogP contribution in [0.25, 0.3) is 11.3 Å². The summed E-state index contributed by atoms with van der Waals surface area (Å²) in [5.41, 5.74) is 1.97. The van der Waals surface area contributed by atoms with Crippen molar-refractivity contribution in [2.24, 2.45) is 0 Å². The summed E-state index contributed by atoms with van der Waals surface area (Å²) in [5.74, 6) is -1.78. The van der Waals surface area contributed by atoms with Gasteiger partial charge in [0.1, 0.15) is 10.8 Å². The summed E-state index contributed by atoms with van der Waals surface area (Å²) in [6.07, 6.45) is 0. The Bertz CT molecular complexity index is 866. The molecule has 3 rings (SSSR count). The van der Waals surface area contributed by atoms with E-state index < -0.39 is 11.7 Å². The van der Waals surface area contributed by atoms with Crippen molar-refractivity contribution in [3.05, 3.63) is 76.4 Å². The van der Waals surface area contributed by atoms with Gasteiger partial charge >= 0.3 is 0 Å². The third-order valence-electron chi connectivity index (χ3n) is 3.36. The third kappa shape index (κ3) is 3.17. The first-order chi connectivity index (χ1) is 11.2. The molecule has 0 saturated carbocycles. The number of nitrogens with zero attached hydrogens (tertiary/aromatic N) is 2. The summed E-state index contributed by atoms with van der Waals surface area (Å²) in [7, 11) is 0. The van der Waals surface area contributed by atoms with Crippen LogP contribution in [0.4, 0.5) is 4.39 Å². The summed E-state index contributed by atoms with van der Waals surface area (Å²) >= 11 is 1.27. The van der Waals surface area contributed by atoms with Crippen LogP contribution in [-0.2, 0) is 0 Å². The number of ketones is 1. The van der Waals surface area contributed by atoms with Gasteiger partial charge in [-0.1, -0.05) is 30.3 Å². The van der Waals surface area contributed by atoms with Crippen LogP contribution in [0.15, 0.2) is 60.0 Å². The van der Waals surface area contributed by atoms with Gasteiger partial charge in [-0.05, 0) is 24.3 Å². The first kappa shape index (κ1) is 15.1. The quantitative estimate of drug-likeness (QED) is 0.667. The molecule has 3 aromatic rings. The minimum Gasteiger partial charge on any atom is -0.292 e. The van der Waals surface area contributed by atoms with Gasteiger partial charge in [-0.2, -0.15) is 5.26 Å². The molecule has 0 fully saturated rings. The van der Waals surface area contributed by atoms with E-state index in [0.717, 1.165) is 11.3 Å². The maximum atomic E-state index is 13.0. The largest absolute Gasteiger partial charge is 0.292 e. The zero-order chi connectivity index (χ0) is 16.2. The molecular weight excluding hydrogens is 311 g/mol. The van der Waals surface area contributed by atoms with Crippen molar-refractivity contribution in [1.82, 2.24) is 4.98 Å². The van der Waals surface area contributed by atoms with Crippen molar-refractivity contribution in [2.45, 2.75) is 5.92 Å². The molecule has 23 heavy (non-hydrogen) atoms. The van der Waals surface area contributed by atoms with E-state index in [9.17, 15) is 14.4 Å². The summed E-state index contributed by atoms with van der Waals surface area (Å²) in [4.78, 5) is 16.9. The van der Waals surface area contributed by atoms with Crippen molar-refractivity contribution in [1.29, 1.82) is 5.26 Å². The lowest BCUT2D eigenvalue weighted by atomic mass is 9.99. The predicted molar refractivity (Wildman–Crippen MR) is 86.6 cm³/mol. The fourth-order valence-electron chi connectivity index (χ4n) is 2.17. The Balaban J connectivity index is 1.90. The van der Waals surface area contributed by atoms with Crippen LogP contribution in [0, 0.1) is 17.1 Å². The van der Waals surface area contributed by atoms with E-state index in [4.69, 9.17) is 0 Å². The summed E-state index contributed by atoms with van der Waals surface area (Å²) < 4.78 is 13.0. The highest BCUT2D eigenvalue weighted by molar-refractivity contribution is 7.10. The summed E-state index contributed by atoms with van der Waals surface area (Å²) in [6, 6.07) is 16.7. The molecule has 0 bridgehead atoms. The van der Waals surface area contributed by atoms with E-state index >= 15 is 0 Å². The number of benzene rings is 2. The lowest BCUT2D eigenvalue weighted by Gasteiger charge is -2.05. The number of carbonyl (C=O) groups is 1. The number of carbonyl (C=O) groups excluding carboxylic acids is 1. The Morgan fingerprint density at radius 2 is 1.83 bits per heavy atom. The number of hydrogen-bond donors (Lipinski definition) is 0. The Hall–Kier alpha value is -2.84. The number of halogens is 1. The van der Waals surface area contributed by atoms with Gasteiger partial charge in [0.15, 0.2) is 11.7 Å². The highest BCUT2D eigenvalue weighted by Crippen LogP contribution is 2.28. The molecule has 0 amide bonds. The van der Waals surface area contributed by atoms with Gasteiger partial charge < -0.3 is 0 Å². The van der Waals surface area contributed by atoms with Crippen molar-refractivity contribution in [3.63, 3.8) is 0 Å². The fraction of sp³-hybridized carbons (Fsp3) is 0.0556. The zero-order valence-corrected chi connectivity index (χ0v) is 12.8. The van der Waals surface area contributed by atoms with Gasteiger partial charge in [0.25, 0.3) is 0 Å². The number of nitriles is 1. The summed E-state index contributed by atoms with van der Waals surface area (Å²) in [6.45, 7) is 0. The molecule has 3 nitrogen and oxygen atoms in total. The molecule has 1 unspecified atom stereocenters. The minimum absolute atomic E-state index is 0.300. The minimum atomic E-state index is -0.983. The number of rotatable bonds is 4. The van der Waals surface area contributed by atoms with E-state index in [1.807, 2.05) is 41.8 Å². The normalized spacial score (nSPS) is 11.7. The lowest BCUT2D eigenvalue weighted by molar-refractivity contribution is 0.0979. The van der Waals surface area contributed by atoms with Crippen LogP contribution in [0.5, 0.6) is 0 Å². The number of thiazole rings is 1. The van der Waals surface area contributed by atoms with Crippen molar-refractivity contribution >= 4 is 17.1 Å². The third-order valence-corrected chi connectivity index (χ3v) is 4.27. The lowest BCUT2D eigenvalue weighted by Crippen LogP contribution is -2.11. The van der Waals surface area contributed by atoms with Gasteiger partial charge in [-0.25, -0.2) is 9.37 Å². The van der Waals surface area contributed by atoms with Gasteiger partial charge in [-0.15, -0.1) is 11.3 Å². The van der Waals surface area contributed by atoms with Crippen molar-refractivity contribution < 1.29 is 9.18 Å². The SMILES string of the molecule is N#CC(C(=O)c1ccc(F)cc1)c1nc(-c2ccccc2)cs1. The molecule has 0 radical (unpaired) electrons. The van der Waals surface area contributed by atoms with Crippen LogP contribution in [0.2, 0.25) is 0 Å². The molecule has 2 aromatic carbocycles. The van der Waals surface area contributed by atoms with E-state index in [-0.39, 0.29) is 5.78 Å². The highest BCUT2D eigenvalue weighted by atomic mass is 32.1. The number of hydrogen-bond acceptors (Lipinski definition) is 4. The highest BCUT2D eigenvalue weighted by Gasteiger charge is 2.25. The standard InChI is InChI=1S/C18H11FN2OS/c19-14-8-6-13(7-9-14)17(22)15(10-20)18-21-16(11-23-18)12-4-2-1-3-5-12/h1-9,11,15H. The van der Waals surface area contributed by atoms with Crippen molar-refractivity contribution in [3.8, 4) is 17.3 Å². The van der Waals surface area contributed by atoms with Crippen molar-refractivity contribution in [2.75, 3.05) is 0 Å². The molecule has 112 valence electrons. The van der Waals surface area contributed by atoms with Gasteiger partial charge in [0, 0.05) is 16.5 Å². The molecule has 1 atom stereocenters. The first-order valence-electron chi connectivity index (χ1n) is 6.89. The topological polar surface area (TPSA) is 53.8 Å². The second-order valence-corrected chi connectivity index (χ2v) is 5.76. The Labute approximate surface area is 136 Å². The molecule has 0 N–H and O–H groups in total. The average Bonchev–Trinajstić information content (AvgIpc) is 3.06. The first-order valence-corrected chi connectivity index (χ1v) is 7.77. The molecule has 1 heterocycles. The van der Waals surface area contributed by atoms with Gasteiger partial charge in [0.05, 0.1) is 11.8 Å². The second kappa shape index (κ2) is 6.51. The van der Waals surface area contributed by atoms with E-state index in [1.54, 1.807) is 0 Å². The predicted octanol–water partition coefficient (Wildman–Crippen LogP) is 4.44. The molecular formula is C18H11FN2OS. The van der Waals surface area contributed by atoms with Gasteiger partial charge in [0.2, 0.25) is 0 Å². The van der Waals surface area contributed by atoms with Crippen LogP contribution < -0.4 is 0 Å². The molecule has 5 heteroatoms. The van der Waals surface area contributed by atoms with E-state index in [1.165, 1.54) is 35.6 Å². The maximum Gasteiger partial charge on any atom is 0.186 e. The average molecular weight is 322 g/mol. The van der Waals surface area contributed by atoms with Crippen LogP contribution >= 0.6 is 11.3 Å². The van der Waals surface area contributed by atoms with Crippen LogP contribution in [-0.4, -0.2) is 10.8 Å².